The fraction of sp³-hybridized carbons (Fsp3) is 0.0435. The second kappa shape index (κ2) is 8.24. The molecule has 0 saturated heterocycles. The Kier molecular flexibility index (Phi) is 5.11. The third kappa shape index (κ3) is 3.83. The number of hydrogen-bond acceptors (Lipinski definition) is 7. The van der Waals surface area contributed by atoms with E-state index in [0.29, 0.717) is 33.3 Å². The van der Waals surface area contributed by atoms with Crippen LogP contribution in [0.15, 0.2) is 66.4 Å². The van der Waals surface area contributed by atoms with E-state index in [1.54, 1.807) is 54.3 Å². The first-order chi connectivity index (χ1) is 16.0. The number of ether oxygens (including phenoxy) is 2. The number of aromatic nitrogens is 3. The zero-order valence-electron chi connectivity index (χ0n) is 17.3. The molecule has 9 nitrogen and oxygen atoms in total. The maximum Gasteiger partial charge on any atom is 0.332 e. The average molecular weight is 459 g/mol. The Morgan fingerprint density at radius 1 is 1.06 bits per heavy atom. The van der Waals surface area contributed by atoms with E-state index in [1.165, 1.54) is 23.0 Å². The average Bonchev–Trinajstić information content (AvgIpc) is 3.47. The van der Waals surface area contributed by atoms with E-state index in [0.717, 1.165) is 10.9 Å². The highest BCUT2D eigenvalue weighted by molar-refractivity contribution is 7.13. The van der Waals surface area contributed by atoms with E-state index in [1.807, 2.05) is 12.1 Å². The van der Waals surface area contributed by atoms with Gasteiger partial charge in [-0.05, 0) is 36.4 Å². The molecule has 0 unspecified atom stereocenters. The molecule has 2 aromatic carbocycles. The molecule has 3 aromatic heterocycles. The summed E-state index contributed by atoms with van der Waals surface area (Å²) in [5.74, 6) is 0.802. The van der Waals surface area contributed by atoms with E-state index < -0.39 is 5.91 Å². The molecule has 0 aliphatic carbocycles. The summed E-state index contributed by atoms with van der Waals surface area (Å²) in [4.78, 5) is 32.8. The number of amides is 2. The number of nitrogens with zero attached hydrogens (tertiary/aromatic N) is 3. The van der Waals surface area contributed by atoms with Crippen molar-refractivity contribution in [2.24, 2.45) is 5.73 Å². The molecular formula is C23H17N5O4S. The summed E-state index contributed by atoms with van der Waals surface area (Å²) in [7, 11) is 1.46. The summed E-state index contributed by atoms with van der Waals surface area (Å²) in [5.41, 5.74) is 7.05. The van der Waals surface area contributed by atoms with Crippen molar-refractivity contribution in [1.82, 2.24) is 14.5 Å². The third-order valence-corrected chi connectivity index (χ3v) is 5.73. The summed E-state index contributed by atoms with van der Waals surface area (Å²) in [5, 5.41) is 6.51. The molecule has 0 saturated carbocycles. The molecule has 2 amide bonds. The highest BCUT2D eigenvalue weighted by Crippen LogP contribution is 2.34. The number of benzene rings is 2. The van der Waals surface area contributed by atoms with E-state index in [4.69, 9.17) is 15.2 Å². The zero-order chi connectivity index (χ0) is 22.9. The highest BCUT2D eigenvalue weighted by atomic mass is 32.1. The van der Waals surface area contributed by atoms with Gasteiger partial charge in [-0.1, -0.05) is 0 Å². The molecule has 0 aliphatic heterocycles. The van der Waals surface area contributed by atoms with Gasteiger partial charge >= 0.3 is 6.03 Å². The quantitative estimate of drug-likeness (QED) is 0.395. The number of nitrogens with two attached hydrogens (primary N) is 1. The summed E-state index contributed by atoms with van der Waals surface area (Å²) in [6.07, 6.45) is 4.92. The van der Waals surface area contributed by atoms with Crippen LogP contribution in [-0.4, -0.2) is 33.6 Å². The van der Waals surface area contributed by atoms with Gasteiger partial charge in [-0.2, -0.15) is 0 Å². The summed E-state index contributed by atoms with van der Waals surface area (Å²) in [6, 6.07) is 11.9. The lowest BCUT2D eigenvalue weighted by Gasteiger charge is -2.12. The van der Waals surface area contributed by atoms with Crippen LogP contribution in [0.2, 0.25) is 0 Å². The standard InChI is InChI=1S/C23H17N5O4S/c1-31-20-12-17-15(11-16(20)21(24)29)19(4-6-25-17)32-14-2-3-18-13(10-14)5-8-28(18)23(30)27-22-26-7-9-33-22/h2-12H,1H3,(H2,24,29)(H,26,27,30). The van der Waals surface area contributed by atoms with Crippen molar-refractivity contribution in [3.8, 4) is 17.2 Å². The van der Waals surface area contributed by atoms with Crippen LogP contribution in [0.5, 0.6) is 17.2 Å². The number of carbonyl (C=O) groups is 2. The molecule has 0 atom stereocenters. The van der Waals surface area contributed by atoms with Crippen LogP contribution < -0.4 is 20.5 Å². The molecule has 0 radical (unpaired) electrons. The number of thiazole rings is 1. The molecular weight excluding hydrogens is 442 g/mol. The predicted octanol–water partition coefficient (Wildman–Crippen LogP) is 4.63. The van der Waals surface area contributed by atoms with Crippen molar-refractivity contribution in [1.29, 1.82) is 0 Å². The van der Waals surface area contributed by atoms with E-state index >= 15 is 0 Å². The molecule has 10 heteroatoms. The van der Waals surface area contributed by atoms with Gasteiger partial charge in [0.2, 0.25) is 0 Å². The Labute approximate surface area is 191 Å². The first-order valence-electron chi connectivity index (χ1n) is 9.80. The Hall–Kier alpha value is -4.44. The normalized spacial score (nSPS) is 10.9. The monoisotopic (exact) mass is 459 g/mol. The fourth-order valence-corrected chi connectivity index (χ4v) is 4.04. The maximum absolute atomic E-state index is 12.6. The number of carbonyl (C=O) groups excluding carboxylic acids is 2. The smallest absolute Gasteiger partial charge is 0.332 e. The molecule has 164 valence electrons. The van der Waals surface area contributed by atoms with Gasteiger partial charge in [0.05, 0.1) is 23.7 Å². The molecule has 0 aliphatic rings. The number of rotatable bonds is 5. The van der Waals surface area contributed by atoms with Crippen LogP contribution >= 0.6 is 11.3 Å². The number of methoxy groups -OCH3 is 1. The predicted molar refractivity (Wildman–Crippen MR) is 125 cm³/mol. The van der Waals surface area contributed by atoms with Crippen LogP contribution in [0.4, 0.5) is 9.93 Å². The van der Waals surface area contributed by atoms with Crippen molar-refractivity contribution in [3.63, 3.8) is 0 Å². The summed E-state index contributed by atoms with van der Waals surface area (Å²) in [6.45, 7) is 0. The molecule has 0 bridgehead atoms. The van der Waals surface area contributed by atoms with Gasteiger partial charge in [0, 0.05) is 40.8 Å². The number of nitrogens with one attached hydrogen (secondary N) is 1. The Balaban J connectivity index is 1.47. The van der Waals surface area contributed by atoms with Gasteiger partial charge in [-0.25, -0.2) is 9.78 Å². The first kappa shape index (κ1) is 20.5. The van der Waals surface area contributed by atoms with Crippen LogP contribution in [0.1, 0.15) is 10.4 Å². The lowest BCUT2D eigenvalue weighted by Crippen LogP contribution is -2.18. The van der Waals surface area contributed by atoms with E-state index in [-0.39, 0.29) is 11.6 Å². The number of hydrogen-bond donors (Lipinski definition) is 2. The third-order valence-electron chi connectivity index (χ3n) is 5.04. The second-order valence-corrected chi connectivity index (χ2v) is 7.91. The zero-order valence-corrected chi connectivity index (χ0v) is 18.1. The first-order valence-corrected chi connectivity index (χ1v) is 10.7. The molecule has 3 heterocycles. The van der Waals surface area contributed by atoms with Gasteiger partial charge in [0.15, 0.2) is 5.13 Å². The maximum atomic E-state index is 12.6. The Morgan fingerprint density at radius 3 is 2.70 bits per heavy atom. The minimum Gasteiger partial charge on any atom is -0.496 e. The molecule has 0 spiro atoms. The van der Waals surface area contributed by atoms with Gasteiger partial charge in [0.25, 0.3) is 5.91 Å². The van der Waals surface area contributed by atoms with Gasteiger partial charge in [0.1, 0.15) is 17.2 Å². The highest BCUT2D eigenvalue weighted by Gasteiger charge is 2.15. The number of pyridine rings is 1. The van der Waals surface area contributed by atoms with Crippen LogP contribution in [-0.2, 0) is 0 Å². The topological polar surface area (TPSA) is 121 Å². The van der Waals surface area contributed by atoms with Gasteiger partial charge < -0.3 is 15.2 Å². The minimum absolute atomic E-state index is 0.238. The Bertz CT molecular complexity index is 1510. The fourth-order valence-electron chi connectivity index (χ4n) is 3.52. The lowest BCUT2D eigenvalue weighted by atomic mass is 10.1. The summed E-state index contributed by atoms with van der Waals surface area (Å²) >= 11 is 1.35. The van der Waals surface area contributed by atoms with Crippen molar-refractivity contribution < 1.29 is 19.1 Å². The molecule has 33 heavy (non-hydrogen) atoms. The van der Waals surface area contributed by atoms with E-state index in [2.05, 4.69) is 15.3 Å². The number of primary amides is 1. The Morgan fingerprint density at radius 2 is 1.94 bits per heavy atom. The van der Waals surface area contributed by atoms with E-state index in [9.17, 15) is 9.59 Å². The van der Waals surface area contributed by atoms with Crippen molar-refractivity contribution in [3.05, 3.63) is 72.0 Å². The van der Waals surface area contributed by atoms with Crippen molar-refractivity contribution >= 4 is 50.2 Å². The number of fused-ring (bicyclic) bond motifs is 2. The lowest BCUT2D eigenvalue weighted by molar-refractivity contribution is 0.0997. The SMILES string of the molecule is COc1cc2nccc(Oc3ccc4c(ccn4C(=O)Nc4nccs4)c3)c2cc1C(N)=O. The van der Waals surface area contributed by atoms with Crippen LogP contribution in [0.25, 0.3) is 21.8 Å². The molecule has 0 fully saturated rings. The summed E-state index contributed by atoms with van der Waals surface area (Å²) < 4.78 is 12.9. The molecule has 5 aromatic rings. The number of anilines is 1. The van der Waals surface area contributed by atoms with Crippen LogP contribution in [0.3, 0.4) is 0 Å². The van der Waals surface area contributed by atoms with Gasteiger partial charge in [-0.15, -0.1) is 11.3 Å². The minimum atomic E-state index is -0.609. The molecule has 3 N–H and O–H groups in total. The second-order valence-electron chi connectivity index (χ2n) is 7.02. The largest absolute Gasteiger partial charge is 0.496 e. The molecule has 5 rings (SSSR count). The van der Waals surface area contributed by atoms with Crippen molar-refractivity contribution in [2.75, 3.05) is 12.4 Å². The van der Waals surface area contributed by atoms with Gasteiger partial charge in [-0.3, -0.25) is 19.7 Å². The van der Waals surface area contributed by atoms with Crippen molar-refractivity contribution in [2.45, 2.75) is 0 Å². The van der Waals surface area contributed by atoms with Crippen LogP contribution in [0, 0.1) is 0 Å².